The van der Waals surface area contributed by atoms with E-state index in [9.17, 15) is 9.59 Å². The monoisotopic (exact) mass is 374 g/mol. The second kappa shape index (κ2) is 8.10. The maximum atomic E-state index is 12.1. The average Bonchev–Trinajstić information content (AvgIpc) is 3.50. The molecule has 2 N–H and O–H groups in total. The molecule has 1 saturated carbocycles. The van der Waals surface area contributed by atoms with Gasteiger partial charge in [-0.25, -0.2) is 0 Å². The number of hydrogen-bond acceptors (Lipinski definition) is 4. The van der Waals surface area contributed by atoms with Crippen molar-refractivity contribution in [1.82, 2.24) is 10.9 Å². The van der Waals surface area contributed by atoms with Crippen molar-refractivity contribution in [1.29, 1.82) is 0 Å². The number of ether oxygens (including phenoxy) is 2. The van der Waals surface area contributed by atoms with Crippen LogP contribution in [0.15, 0.2) is 42.5 Å². The van der Waals surface area contributed by atoms with E-state index in [2.05, 4.69) is 10.9 Å². The molecule has 3 rings (SSSR count). The van der Waals surface area contributed by atoms with Crippen molar-refractivity contribution in [3.63, 3.8) is 0 Å². The molecule has 26 heavy (non-hydrogen) atoms. The zero-order chi connectivity index (χ0) is 18.5. The van der Waals surface area contributed by atoms with Gasteiger partial charge in [0.05, 0.1) is 7.11 Å². The summed E-state index contributed by atoms with van der Waals surface area (Å²) in [7, 11) is 1.50. The molecular weight excluding hydrogens is 356 g/mol. The number of hydrazine groups is 1. The fourth-order valence-corrected chi connectivity index (χ4v) is 2.43. The zero-order valence-corrected chi connectivity index (χ0v) is 15.0. The van der Waals surface area contributed by atoms with Crippen molar-refractivity contribution in [2.45, 2.75) is 19.4 Å². The van der Waals surface area contributed by atoms with E-state index in [4.69, 9.17) is 21.1 Å². The number of hydrogen-bond donors (Lipinski definition) is 2. The summed E-state index contributed by atoms with van der Waals surface area (Å²) in [6.45, 7) is 0.344. The number of rotatable bonds is 6. The van der Waals surface area contributed by atoms with Crippen LogP contribution in [-0.2, 0) is 11.4 Å². The van der Waals surface area contributed by atoms with Crippen LogP contribution in [0.4, 0.5) is 0 Å². The van der Waals surface area contributed by atoms with Gasteiger partial charge in [-0.05, 0) is 48.7 Å². The van der Waals surface area contributed by atoms with Crippen molar-refractivity contribution in [2.75, 3.05) is 7.11 Å². The van der Waals surface area contributed by atoms with Crippen molar-refractivity contribution in [3.05, 3.63) is 58.6 Å². The lowest BCUT2D eigenvalue weighted by molar-refractivity contribution is -0.123. The van der Waals surface area contributed by atoms with Gasteiger partial charge in [-0.1, -0.05) is 23.7 Å². The molecule has 2 aromatic carbocycles. The van der Waals surface area contributed by atoms with Crippen LogP contribution in [0.2, 0.25) is 5.02 Å². The summed E-state index contributed by atoms with van der Waals surface area (Å²) in [6.07, 6.45) is 1.74. The van der Waals surface area contributed by atoms with E-state index >= 15 is 0 Å². The zero-order valence-electron chi connectivity index (χ0n) is 14.3. The highest BCUT2D eigenvalue weighted by Gasteiger charge is 2.29. The number of nitrogens with one attached hydrogen (secondary N) is 2. The Morgan fingerprint density at radius 1 is 1.08 bits per heavy atom. The molecule has 136 valence electrons. The van der Waals surface area contributed by atoms with Crippen molar-refractivity contribution in [2.24, 2.45) is 5.92 Å². The van der Waals surface area contributed by atoms with E-state index in [0.29, 0.717) is 28.7 Å². The summed E-state index contributed by atoms with van der Waals surface area (Å²) < 4.78 is 11.1. The Morgan fingerprint density at radius 3 is 2.46 bits per heavy atom. The lowest BCUT2D eigenvalue weighted by Crippen LogP contribution is -2.42. The van der Waals surface area contributed by atoms with Gasteiger partial charge in [0.15, 0.2) is 11.5 Å². The van der Waals surface area contributed by atoms with Crippen LogP contribution in [0.1, 0.15) is 28.8 Å². The van der Waals surface area contributed by atoms with E-state index in [1.165, 1.54) is 7.11 Å². The molecule has 0 bridgehead atoms. The van der Waals surface area contributed by atoms with Crippen molar-refractivity contribution < 1.29 is 19.1 Å². The molecule has 0 atom stereocenters. The van der Waals surface area contributed by atoms with E-state index in [1.807, 2.05) is 12.1 Å². The predicted molar refractivity (Wildman–Crippen MR) is 97.1 cm³/mol. The maximum absolute atomic E-state index is 12.1. The number of halogens is 1. The first-order valence-corrected chi connectivity index (χ1v) is 8.60. The second-order valence-electron chi connectivity index (χ2n) is 6.00. The third-order valence-corrected chi connectivity index (χ3v) is 4.23. The van der Waals surface area contributed by atoms with Crippen LogP contribution in [0, 0.1) is 5.92 Å². The Labute approximate surface area is 156 Å². The van der Waals surface area contributed by atoms with Gasteiger partial charge < -0.3 is 9.47 Å². The maximum Gasteiger partial charge on any atom is 0.269 e. The molecule has 0 spiro atoms. The predicted octanol–water partition coefficient (Wildman–Crippen LogP) is 3.10. The summed E-state index contributed by atoms with van der Waals surface area (Å²) in [5.74, 6) is 0.393. The molecule has 1 fully saturated rings. The molecular formula is C19H19ClN2O4. The quantitative estimate of drug-likeness (QED) is 0.762. The molecule has 1 aliphatic rings. The normalized spacial score (nSPS) is 13.0. The molecule has 0 radical (unpaired) electrons. The minimum absolute atomic E-state index is 0.0217. The third-order valence-electron chi connectivity index (χ3n) is 3.98. The molecule has 0 aromatic heterocycles. The van der Waals surface area contributed by atoms with Gasteiger partial charge in [-0.2, -0.15) is 0 Å². The largest absolute Gasteiger partial charge is 0.493 e. The van der Waals surface area contributed by atoms with Crippen LogP contribution in [-0.4, -0.2) is 18.9 Å². The average molecular weight is 375 g/mol. The first kappa shape index (κ1) is 18.1. The number of benzene rings is 2. The van der Waals surface area contributed by atoms with Crippen LogP contribution in [0.5, 0.6) is 11.5 Å². The molecule has 0 aliphatic heterocycles. The van der Waals surface area contributed by atoms with Gasteiger partial charge in [0.2, 0.25) is 5.91 Å². The molecule has 0 unspecified atom stereocenters. The topological polar surface area (TPSA) is 76.7 Å². The Kier molecular flexibility index (Phi) is 5.63. The minimum Gasteiger partial charge on any atom is -0.493 e. The molecule has 2 aromatic rings. The Balaban J connectivity index is 1.61. The summed E-state index contributed by atoms with van der Waals surface area (Å²) in [5.41, 5.74) is 6.15. The standard InChI is InChI=1S/C19H19ClN2O4/c1-25-17-10-14(19(24)22-21-18(23)13-4-5-13)6-9-16(17)26-11-12-2-7-15(20)8-3-12/h2-3,6-10,13H,4-5,11H2,1H3,(H,21,23)(H,22,24). The van der Waals surface area contributed by atoms with Gasteiger partial charge in [-0.3, -0.25) is 20.4 Å². The van der Waals surface area contributed by atoms with Gasteiger partial charge in [-0.15, -0.1) is 0 Å². The summed E-state index contributed by atoms with van der Waals surface area (Å²) >= 11 is 5.86. The fraction of sp³-hybridized carbons (Fsp3) is 0.263. The van der Waals surface area contributed by atoms with Crippen LogP contribution >= 0.6 is 11.6 Å². The highest BCUT2D eigenvalue weighted by Crippen LogP contribution is 2.29. The first-order chi connectivity index (χ1) is 12.6. The van der Waals surface area contributed by atoms with Crippen LogP contribution < -0.4 is 20.3 Å². The van der Waals surface area contributed by atoms with Crippen LogP contribution in [0.25, 0.3) is 0 Å². The summed E-state index contributed by atoms with van der Waals surface area (Å²) in [6, 6.07) is 12.2. The Hall–Kier alpha value is -2.73. The Morgan fingerprint density at radius 2 is 1.81 bits per heavy atom. The Bertz CT molecular complexity index is 804. The molecule has 0 heterocycles. The van der Waals surface area contributed by atoms with E-state index in [1.54, 1.807) is 30.3 Å². The van der Waals surface area contributed by atoms with Gasteiger partial charge >= 0.3 is 0 Å². The van der Waals surface area contributed by atoms with Crippen LogP contribution in [0.3, 0.4) is 0 Å². The van der Waals surface area contributed by atoms with E-state index in [0.717, 1.165) is 18.4 Å². The lowest BCUT2D eigenvalue weighted by atomic mass is 10.2. The number of methoxy groups -OCH3 is 1. The molecule has 6 nitrogen and oxygen atoms in total. The van der Waals surface area contributed by atoms with Gasteiger partial charge in [0.25, 0.3) is 5.91 Å². The SMILES string of the molecule is COc1cc(C(=O)NNC(=O)C2CC2)ccc1OCc1ccc(Cl)cc1. The van der Waals surface area contributed by atoms with Gasteiger partial charge in [0, 0.05) is 16.5 Å². The lowest BCUT2D eigenvalue weighted by Gasteiger charge is -2.13. The van der Waals surface area contributed by atoms with Gasteiger partial charge in [0.1, 0.15) is 6.61 Å². The molecule has 7 heteroatoms. The van der Waals surface area contributed by atoms with Crippen molar-refractivity contribution >= 4 is 23.4 Å². The molecule has 0 saturated heterocycles. The molecule has 2 amide bonds. The minimum atomic E-state index is -0.415. The highest BCUT2D eigenvalue weighted by molar-refractivity contribution is 6.30. The first-order valence-electron chi connectivity index (χ1n) is 8.22. The smallest absolute Gasteiger partial charge is 0.269 e. The van der Waals surface area contributed by atoms with Crippen molar-refractivity contribution in [3.8, 4) is 11.5 Å². The summed E-state index contributed by atoms with van der Waals surface area (Å²) in [5, 5.41) is 0.662. The molecule has 1 aliphatic carbocycles. The second-order valence-corrected chi connectivity index (χ2v) is 6.43. The summed E-state index contributed by atoms with van der Waals surface area (Å²) in [4.78, 5) is 23.7. The fourth-order valence-electron chi connectivity index (χ4n) is 2.31. The number of carbonyl (C=O) groups excluding carboxylic acids is 2. The number of carbonyl (C=O) groups is 2. The third kappa shape index (κ3) is 4.67. The highest BCUT2D eigenvalue weighted by atomic mass is 35.5. The van der Waals surface area contributed by atoms with E-state index < -0.39 is 5.91 Å². The van der Waals surface area contributed by atoms with E-state index in [-0.39, 0.29) is 11.8 Å². The number of amides is 2.